The Labute approximate surface area is 227 Å². The summed E-state index contributed by atoms with van der Waals surface area (Å²) in [6, 6.07) is 3.12. The number of thioether (sulfide) groups is 1. The Kier molecular flexibility index (Phi) is 11.4. The number of nitrogens with zero attached hydrogens (tertiary/aromatic N) is 1. The molecule has 8 nitrogen and oxygen atoms in total. The number of carbonyl (C=O) groups is 3. The SMILES string of the molecule is CCC(C)(C)N(C(=O)C(CCSC)NC(=O)OC(C)(C)C)C(C(=O)NC(C)(C)C)c1cccc(C)c1O. The van der Waals surface area contributed by atoms with Crippen LogP contribution in [0.2, 0.25) is 0 Å². The van der Waals surface area contributed by atoms with E-state index >= 15 is 0 Å². The molecule has 1 aromatic carbocycles. The van der Waals surface area contributed by atoms with Crippen LogP contribution in [0.3, 0.4) is 0 Å². The predicted octanol–water partition coefficient (Wildman–Crippen LogP) is 5.32. The van der Waals surface area contributed by atoms with E-state index in [4.69, 9.17) is 4.74 Å². The van der Waals surface area contributed by atoms with E-state index in [9.17, 15) is 19.5 Å². The number of phenolic OH excluding ortho intramolecular Hbond substituents is 1. The van der Waals surface area contributed by atoms with Crippen molar-refractivity contribution in [3.63, 3.8) is 0 Å². The first-order valence-electron chi connectivity index (χ1n) is 12.8. The third kappa shape index (κ3) is 9.76. The van der Waals surface area contributed by atoms with E-state index < -0.39 is 46.7 Å². The summed E-state index contributed by atoms with van der Waals surface area (Å²) in [7, 11) is 0. The zero-order valence-electron chi connectivity index (χ0n) is 24.4. The van der Waals surface area contributed by atoms with Gasteiger partial charge in [-0.05, 0) is 92.7 Å². The van der Waals surface area contributed by atoms with Crippen LogP contribution in [0.4, 0.5) is 4.79 Å². The van der Waals surface area contributed by atoms with Crippen molar-refractivity contribution in [3.05, 3.63) is 29.3 Å². The van der Waals surface area contributed by atoms with E-state index in [1.54, 1.807) is 57.7 Å². The van der Waals surface area contributed by atoms with Gasteiger partial charge in [0, 0.05) is 16.6 Å². The number of hydrogen-bond donors (Lipinski definition) is 3. The molecule has 0 saturated heterocycles. The van der Waals surface area contributed by atoms with Crippen molar-refractivity contribution < 1.29 is 24.2 Å². The number of aryl methyl sites for hydroxylation is 1. The first kappa shape index (κ1) is 32.6. The third-order valence-corrected chi connectivity index (χ3v) is 6.57. The summed E-state index contributed by atoms with van der Waals surface area (Å²) >= 11 is 1.55. The van der Waals surface area contributed by atoms with E-state index in [0.717, 1.165) is 0 Å². The van der Waals surface area contributed by atoms with Gasteiger partial charge in [-0.25, -0.2) is 4.79 Å². The van der Waals surface area contributed by atoms with Gasteiger partial charge in [0.05, 0.1) is 0 Å². The third-order valence-electron chi connectivity index (χ3n) is 5.92. The molecule has 3 N–H and O–H groups in total. The molecule has 0 aliphatic carbocycles. The number of phenols is 1. The molecule has 0 radical (unpaired) electrons. The molecule has 1 aromatic rings. The molecule has 210 valence electrons. The molecule has 9 heteroatoms. The van der Waals surface area contributed by atoms with E-state index in [0.29, 0.717) is 29.7 Å². The monoisotopic (exact) mass is 537 g/mol. The molecule has 0 spiro atoms. The molecule has 0 bridgehead atoms. The number of ether oxygens (including phenoxy) is 1. The second kappa shape index (κ2) is 12.9. The minimum absolute atomic E-state index is 0.0398. The van der Waals surface area contributed by atoms with Crippen molar-refractivity contribution in [1.29, 1.82) is 0 Å². The number of carbonyl (C=O) groups excluding carboxylic acids is 3. The Hall–Kier alpha value is -2.42. The van der Waals surface area contributed by atoms with Gasteiger partial charge >= 0.3 is 6.09 Å². The fourth-order valence-electron chi connectivity index (χ4n) is 3.79. The van der Waals surface area contributed by atoms with Gasteiger partial charge in [0.25, 0.3) is 0 Å². The maximum absolute atomic E-state index is 14.3. The van der Waals surface area contributed by atoms with Crippen LogP contribution >= 0.6 is 11.8 Å². The summed E-state index contributed by atoms with van der Waals surface area (Å²) in [5.41, 5.74) is -1.17. The second-order valence-electron chi connectivity index (χ2n) is 12.0. The zero-order chi connectivity index (χ0) is 28.8. The number of alkyl carbamates (subject to hydrolysis) is 1. The van der Waals surface area contributed by atoms with Crippen LogP contribution in [-0.2, 0) is 14.3 Å². The Bertz CT molecular complexity index is 950. The molecule has 0 aliphatic heterocycles. The number of rotatable bonds is 10. The highest BCUT2D eigenvalue weighted by molar-refractivity contribution is 7.98. The van der Waals surface area contributed by atoms with Crippen molar-refractivity contribution in [2.45, 2.75) is 111 Å². The number of para-hydroxylation sites is 1. The average Bonchev–Trinajstić information content (AvgIpc) is 2.74. The Morgan fingerprint density at radius 3 is 2.16 bits per heavy atom. The van der Waals surface area contributed by atoms with E-state index in [1.165, 1.54) is 4.90 Å². The molecule has 3 amide bonds. The van der Waals surface area contributed by atoms with Crippen LogP contribution in [0, 0.1) is 6.92 Å². The fourth-order valence-corrected chi connectivity index (χ4v) is 4.27. The van der Waals surface area contributed by atoms with Crippen molar-refractivity contribution in [2.75, 3.05) is 12.0 Å². The van der Waals surface area contributed by atoms with Crippen LogP contribution in [0.25, 0.3) is 0 Å². The molecule has 0 aromatic heterocycles. The summed E-state index contributed by atoms with van der Waals surface area (Å²) in [4.78, 5) is 42.4. The Morgan fingerprint density at radius 2 is 1.68 bits per heavy atom. The summed E-state index contributed by atoms with van der Waals surface area (Å²) in [5.74, 6) is -0.255. The van der Waals surface area contributed by atoms with Crippen LogP contribution in [0.1, 0.15) is 92.3 Å². The summed E-state index contributed by atoms with van der Waals surface area (Å²) < 4.78 is 5.44. The number of nitrogens with one attached hydrogen (secondary N) is 2. The van der Waals surface area contributed by atoms with E-state index in [1.807, 2.05) is 47.8 Å². The minimum Gasteiger partial charge on any atom is -0.507 e. The van der Waals surface area contributed by atoms with Gasteiger partial charge in [-0.2, -0.15) is 11.8 Å². The van der Waals surface area contributed by atoms with Crippen molar-refractivity contribution >= 4 is 29.7 Å². The van der Waals surface area contributed by atoms with Gasteiger partial charge in [-0.15, -0.1) is 0 Å². The van der Waals surface area contributed by atoms with Crippen molar-refractivity contribution in [1.82, 2.24) is 15.5 Å². The molecule has 0 saturated carbocycles. The summed E-state index contributed by atoms with van der Waals surface area (Å²) in [6.45, 7) is 18.3. The molecular formula is C28H47N3O5S. The molecule has 1 rings (SSSR count). The van der Waals surface area contributed by atoms with Crippen molar-refractivity contribution in [2.24, 2.45) is 0 Å². The first-order valence-corrected chi connectivity index (χ1v) is 14.2. The van der Waals surface area contributed by atoms with Gasteiger partial charge in [-0.3, -0.25) is 9.59 Å². The highest BCUT2D eigenvalue weighted by Crippen LogP contribution is 2.37. The minimum atomic E-state index is -1.13. The highest BCUT2D eigenvalue weighted by atomic mass is 32.2. The molecular weight excluding hydrogens is 490 g/mol. The fraction of sp³-hybridized carbons (Fsp3) is 0.679. The van der Waals surface area contributed by atoms with Gasteiger partial charge in [0.1, 0.15) is 23.4 Å². The van der Waals surface area contributed by atoms with Gasteiger partial charge < -0.3 is 25.4 Å². The molecule has 0 heterocycles. The van der Waals surface area contributed by atoms with Crippen LogP contribution in [-0.4, -0.2) is 62.6 Å². The molecule has 37 heavy (non-hydrogen) atoms. The number of benzene rings is 1. The van der Waals surface area contributed by atoms with E-state index in [-0.39, 0.29) is 5.75 Å². The van der Waals surface area contributed by atoms with Gasteiger partial charge in [0.2, 0.25) is 11.8 Å². The summed E-state index contributed by atoms with van der Waals surface area (Å²) in [5, 5.41) is 16.8. The quantitative estimate of drug-likeness (QED) is 0.373. The molecule has 0 aliphatic rings. The number of amides is 3. The zero-order valence-corrected chi connectivity index (χ0v) is 25.3. The second-order valence-corrected chi connectivity index (χ2v) is 13.0. The maximum Gasteiger partial charge on any atom is 0.408 e. The van der Waals surface area contributed by atoms with Gasteiger partial charge in [0.15, 0.2) is 0 Å². The smallest absolute Gasteiger partial charge is 0.408 e. The lowest BCUT2D eigenvalue weighted by atomic mass is 9.90. The average molecular weight is 538 g/mol. The Morgan fingerprint density at radius 1 is 1.08 bits per heavy atom. The molecule has 0 fully saturated rings. The lowest BCUT2D eigenvalue weighted by molar-refractivity contribution is -0.150. The topological polar surface area (TPSA) is 108 Å². The maximum atomic E-state index is 14.3. The predicted molar refractivity (Wildman–Crippen MR) is 151 cm³/mol. The lowest BCUT2D eigenvalue weighted by Gasteiger charge is -2.45. The van der Waals surface area contributed by atoms with Crippen LogP contribution < -0.4 is 10.6 Å². The first-order chi connectivity index (χ1) is 16.8. The number of aromatic hydroxyl groups is 1. The molecule has 2 atom stereocenters. The van der Waals surface area contributed by atoms with E-state index in [2.05, 4.69) is 10.6 Å². The van der Waals surface area contributed by atoms with Crippen LogP contribution in [0.5, 0.6) is 5.75 Å². The standard InChI is InChI=1S/C28H47N3O5S/c1-12-28(9,10)31(24(34)20(16-17-37-11)29-25(35)36-27(6,7)8)21(23(33)30-26(3,4)5)19-15-13-14-18(2)22(19)32/h13-15,20-21,32H,12,16-17H2,1-11H3,(H,29,35)(H,30,33). The normalized spacial score (nSPS) is 13.9. The van der Waals surface area contributed by atoms with Gasteiger partial charge in [-0.1, -0.05) is 25.1 Å². The Balaban J connectivity index is 3.74. The van der Waals surface area contributed by atoms with Crippen LogP contribution in [0.15, 0.2) is 18.2 Å². The lowest BCUT2D eigenvalue weighted by Crippen LogP contribution is -2.60. The van der Waals surface area contributed by atoms with Crippen molar-refractivity contribution in [3.8, 4) is 5.75 Å². The molecule has 2 unspecified atom stereocenters. The summed E-state index contributed by atoms with van der Waals surface area (Å²) in [6.07, 6.45) is 2.11. The number of hydrogen-bond acceptors (Lipinski definition) is 6. The largest absolute Gasteiger partial charge is 0.507 e. The highest BCUT2D eigenvalue weighted by Gasteiger charge is 2.44.